The number of pyridine rings is 1. The molecule has 9 nitrogen and oxygen atoms in total. The second-order valence-corrected chi connectivity index (χ2v) is 10.0. The lowest BCUT2D eigenvalue weighted by Gasteiger charge is -2.19. The maximum Gasteiger partial charge on any atom is 0.261 e. The Morgan fingerprint density at radius 2 is 1.90 bits per heavy atom. The summed E-state index contributed by atoms with van der Waals surface area (Å²) in [6.45, 7) is 7.33. The summed E-state index contributed by atoms with van der Waals surface area (Å²) in [6.07, 6.45) is 2.54. The number of aromatic nitrogens is 3. The van der Waals surface area contributed by atoms with Gasteiger partial charge in [-0.25, -0.2) is 18.5 Å². The van der Waals surface area contributed by atoms with Crippen molar-refractivity contribution in [3.63, 3.8) is 0 Å². The van der Waals surface area contributed by atoms with E-state index in [4.69, 9.17) is 15.4 Å². The van der Waals surface area contributed by atoms with Crippen molar-refractivity contribution in [2.24, 2.45) is 5.14 Å². The van der Waals surface area contributed by atoms with Crippen LogP contribution in [0.3, 0.4) is 0 Å². The van der Waals surface area contributed by atoms with Gasteiger partial charge in [0.1, 0.15) is 5.82 Å². The highest BCUT2D eigenvalue weighted by molar-refractivity contribution is 7.89. The van der Waals surface area contributed by atoms with Gasteiger partial charge in [0, 0.05) is 17.7 Å². The van der Waals surface area contributed by atoms with Crippen molar-refractivity contribution in [2.45, 2.75) is 57.0 Å². The van der Waals surface area contributed by atoms with Crippen LogP contribution in [0.2, 0.25) is 0 Å². The summed E-state index contributed by atoms with van der Waals surface area (Å²) in [5, 5.41) is 19.4. The Morgan fingerprint density at radius 1 is 1.19 bits per heavy atom. The molecular formula is C21H27N5O4S. The van der Waals surface area contributed by atoms with Crippen LogP contribution in [-0.2, 0) is 16.4 Å². The number of rotatable bonds is 7. The molecule has 31 heavy (non-hydrogen) atoms. The number of hydrogen-bond donors (Lipinski definition) is 3. The Bertz CT molecular complexity index is 1200. The Labute approximate surface area is 181 Å². The second kappa shape index (κ2) is 8.37. The summed E-state index contributed by atoms with van der Waals surface area (Å²) in [5.41, 5.74) is 7.69. The Hall–Kier alpha value is -2.82. The zero-order valence-corrected chi connectivity index (χ0v) is 18.8. The van der Waals surface area contributed by atoms with Crippen LogP contribution < -0.4 is 10.9 Å². The number of primary sulfonamides is 1. The summed E-state index contributed by atoms with van der Waals surface area (Å²) in [4.78, 5) is 8.60. The summed E-state index contributed by atoms with van der Waals surface area (Å²) < 4.78 is 29.2. The van der Waals surface area contributed by atoms with Crippen LogP contribution >= 0.6 is 0 Å². The fourth-order valence-electron chi connectivity index (χ4n) is 3.03. The van der Waals surface area contributed by atoms with E-state index in [1.165, 1.54) is 12.1 Å². The molecule has 0 spiro atoms. The first-order valence-electron chi connectivity index (χ1n) is 9.83. The predicted molar refractivity (Wildman–Crippen MR) is 117 cm³/mol. The van der Waals surface area contributed by atoms with Crippen LogP contribution in [0.15, 0.2) is 39.9 Å². The number of anilines is 1. The molecule has 0 amide bonds. The van der Waals surface area contributed by atoms with Crippen LogP contribution in [0.5, 0.6) is 0 Å². The first-order valence-corrected chi connectivity index (χ1v) is 11.4. The Kier molecular flexibility index (Phi) is 6.17. The Balaban J connectivity index is 2.13. The molecule has 0 aliphatic rings. The lowest BCUT2D eigenvalue weighted by atomic mass is 9.93. The molecule has 1 aromatic carbocycles. The van der Waals surface area contributed by atoms with Gasteiger partial charge in [-0.1, -0.05) is 25.1 Å². The first-order chi connectivity index (χ1) is 14.3. The van der Waals surface area contributed by atoms with Crippen molar-refractivity contribution < 1.29 is 18.0 Å². The molecule has 3 aromatic rings. The third-order valence-electron chi connectivity index (χ3n) is 4.83. The number of aliphatic hydroxyl groups is 1. The van der Waals surface area contributed by atoms with Gasteiger partial charge in [-0.05, 0) is 56.0 Å². The number of aryl methyl sites for hydroxylation is 1. The van der Waals surface area contributed by atoms with Gasteiger partial charge in [-0.3, -0.25) is 0 Å². The molecule has 10 heteroatoms. The maximum atomic E-state index is 11.9. The number of hydrogen-bond acceptors (Lipinski definition) is 8. The molecule has 0 aliphatic heterocycles. The molecule has 0 fully saturated rings. The van der Waals surface area contributed by atoms with Crippen LogP contribution in [0.1, 0.15) is 51.4 Å². The fraction of sp³-hybridized carbons (Fsp3) is 0.381. The monoisotopic (exact) mass is 445 g/mol. The molecule has 0 radical (unpaired) electrons. The lowest BCUT2D eigenvalue weighted by Crippen LogP contribution is -2.19. The standard InChI is InChI=1S/C21H27N5O4S/c1-12(2)19-25-20(30-26-19)17-9-14(11-24-18(17)22)16-10-15(31(23,28)29)6-5-13(16)7-8-21(3,4)27/h5-6,9-12,27H,7-8H2,1-4H3,(H2,22,24)(H2,23,28,29). The van der Waals surface area contributed by atoms with E-state index >= 15 is 0 Å². The molecular weight excluding hydrogens is 418 g/mol. The summed E-state index contributed by atoms with van der Waals surface area (Å²) >= 11 is 0. The molecule has 2 heterocycles. The van der Waals surface area contributed by atoms with Crippen LogP contribution in [0.4, 0.5) is 5.82 Å². The molecule has 3 rings (SSSR count). The van der Waals surface area contributed by atoms with Crippen LogP contribution in [0, 0.1) is 0 Å². The summed E-state index contributed by atoms with van der Waals surface area (Å²) in [7, 11) is -3.91. The molecule has 5 N–H and O–H groups in total. The minimum Gasteiger partial charge on any atom is -0.390 e. The summed E-state index contributed by atoms with van der Waals surface area (Å²) in [5.74, 6) is 1.07. The third-order valence-corrected chi connectivity index (χ3v) is 5.75. The van der Waals surface area contributed by atoms with E-state index < -0.39 is 15.6 Å². The van der Waals surface area contributed by atoms with E-state index in [0.717, 1.165) is 5.56 Å². The highest BCUT2D eigenvalue weighted by Crippen LogP contribution is 2.33. The molecule has 0 unspecified atom stereocenters. The predicted octanol–water partition coefficient (Wildman–Crippen LogP) is 2.86. The lowest BCUT2D eigenvalue weighted by molar-refractivity contribution is 0.0714. The smallest absolute Gasteiger partial charge is 0.261 e. The largest absolute Gasteiger partial charge is 0.390 e. The van der Waals surface area contributed by atoms with Crippen molar-refractivity contribution >= 4 is 15.8 Å². The number of nitrogens with two attached hydrogens (primary N) is 2. The van der Waals surface area contributed by atoms with Gasteiger partial charge in [0.25, 0.3) is 5.89 Å². The van der Waals surface area contributed by atoms with Gasteiger partial charge in [0.05, 0.1) is 16.1 Å². The van der Waals surface area contributed by atoms with E-state index in [2.05, 4.69) is 15.1 Å². The van der Waals surface area contributed by atoms with E-state index in [-0.39, 0.29) is 22.5 Å². The molecule has 0 saturated heterocycles. The van der Waals surface area contributed by atoms with Gasteiger partial charge in [0.2, 0.25) is 10.0 Å². The van der Waals surface area contributed by atoms with Crippen molar-refractivity contribution in [1.82, 2.24) is 15.1 Å². The molecule has 0 aliphatic carbocycles. The van der Waals surface area contributed by atoms with Crippen molar-refractivity contribution in [3.05, 3.63) is 41.9 Å². The maximum absolute atomic E-state index is 11.9. The van der Waals surface area contributed by atoms with E-state index in [1.807, 2.05) is 13.8 Å². The zero-order chi connectivity index (χ0) is 23.0. The third kappa shape index (κ3) is 5.46. The number of benzene rings is 1. The summed E-state index contributed by atoms with van der Waals surface area (Å²) in [6, 6.07) is 6.38. The topological polar surface area (TPSA) is 158 Å². The van der Waals surface area contributed by atoms with Gasteiger partial charge >= 0.3 is 0 Å². The Morgan fingerprint density at radius 3 is 2.48 bits per heavy atom. The van der Waals surface area contributed by atoms with Crippen molar-refractivity contribution in [1.29, 1.82) is 0 Å². The number of nitrogen functional groups attached to an aromatic ring is 1. The van der Waals surface area contributed by atoms with Crippen LogP contribution in [-0.4, -0.2) is 34.2 Å². The average molecular weight is 446 g/mol. The first kappa shape index (κ1) is 22.9. The highest BCUT2D eigenvalue weighted by atomic mass is 32.2. The minimum atomic E-state index is -3.91. The molecule has 0 atom stereocenters. The number of nitrogens with zero attached hydrogens (tertiary/aromatic N) is 3. The quantitative estimate of drug-likeness (QED) is 0.501. The van der Waals surface area contributed by atoms with Crippen LogP contribution in [0.25, 0.3) is 22.6 Å². The normalized spacial score (nSPS) is 12.5. The molecule has 0 saturated carbocycles. The average Bonchev–Trinajstić information content (AvgIpc) is 3.15. The zero-order valence-electron chi connectivity index (χ0n) is 18.0. The highest BCUT2D eigenvalue weighted by Gasteiger charge is 2.20. The molecule has 0 bridgehead atoms. The van der Waals surface area contributed by atoms with Crippen molar-refractivity contribution in [3.8, 4) is 22.6 Å². The van der Waals surface area contributed by atoms with Gasteiger partial charge < -0.3 is 15.4 Å². The van der Waals surface area contributed by atoms with E-state index in [9.17, 15) is 13.5 Å². The number of sulfonamides is 1. The minimum absolute atomic E-state index is 0.0206. The van der Waals surface area contributed by atoms with Gasteiger partial charge in [-0.2, -0.15) is 4.98 Å². The second-order valence-electron chi connectivity index (χ2n) is 8.45. The van der Waals surface area contributed by atoms with E-state index in [0.29, 0.717) is 35.4 Å². The van der Waals surface area contributed by atoms with Gasteiger partial charge in [0.15, 0.2) is 5.82 Å². The fourth-order valence-corrected chi connectivity index (χ4v) is 3.57. The molecule has 2 aromatic heterocycles. The molecule has 166 valence electrons. The van der Waals surface area contributed by atoms with Gasteiger partial charge in [-0.15, -0.1) is 0 Å². The van der Waals surface area contributed by atoms with E-state index in [1.54, 1.807) is 32.2 Å². The van der Waals surface area contributed by atoms with Crippen molar-refractivity contribution in [2.75, 3.05) is 5.73 Å². The SMILES string of the molecule is CC(C)c1noc(-c2cc(-c3cc(S(N)(=O)=O)ccc3CCC(C)(C)O)cnc2N)n1.